The molecule has 0 radical (unpaired) electrons. The summed E-state index contributed by atoms with van der Waals surface area (Å²) in [4.78, 5) is 38.2. The van der Waals surface area contributed by atoms with E-state index >= 15 is 0 Å². The van der Waals surface area contributed by atoms with E-state index in [4.69, 9.17) is 14.2 Å². The zero-order valence-electron chi connectivity index (χ0n) is 27.1. The molecule has 2 aliphatic rings. The van der Waals surface area contributed by atoms with Crippen LogP contribution in [0, 0.1) is 29.1 Å². The lowest BCUT2D eigenvalue weighted by molar-refractivity contribution is 0.00337. The second-order valence-corrected chi connectivity index (χ2v) is 14.4. The van der Waals surface area contributed by atoms with Crippen molar-refractivity contribution in [2.45, 2.75) is 72.1 Å². The van der Waals surface area contributed by atoms with Gasteiger partial charge in [-0.2, -0.15) is 10.4 Å². The summed E-state index contributed by atoms with van der Waals surface area (Å²) in [6, 6.07) is 3.94. The van der Waals surface area contributed by atoms with Crippen LogP contribution >= 0.6 is 0 Å². The van der Waals surface area contributed by atoms with Gasteiger partial charge in [0.2, 0.25) is 0 Å². The highest BCUT2D eigenvalue weighted by Gasteiger charge is 2.56. The molecule has 2 amide bonds. The number of aliphatic hydroxyl groups is 1. The molecule has 1 aliphatic carbocycles. The first-order valence-corrected chi connectivity index (χ1v) is 15.0. The van der Waals surface area contributed by atoms with Gasteiger partial charge in [0.25, 0.3) is 0 Å². The maximum absolute atomic E-state index is 12.9. The third kappa shape index (κ3) is 7.12. The SMILES string of the molecule is CC(C)(O)COc1cc(-c2cnc(N3CC4C(COC(=O)N(C(=O)OC(C)(C)C)C(C)(C)C)C4C3)cn2)c2c(C#N)cnn2c1. The van der Waals surface area contributed by atoms with Gasteiger partial charge >= 0.3 is 12.2 Å². The molecule has 3 aromatic rings. The van der Waals surface area contributed by atoms with E-state index in [9.17, 15) is 20.0 Å². The molecule has 45 heavy (non-hydrogen) atoms. The second kappa shape index (κ2) is 11.5. The van der Waals surface area contributed by atoms with Gasteiger partial charge in [0, 0.05) is 30.1 Å². The van der Waals surface area contributed by atoms with Gasteiger partial charge in [0.1, 0.15) is 29.8 Å². The van der Waals surface area contributed by atoms with Crippen molar-refractivity contribution in [2.24, 2.45) is 17.8 Å². The fourth-order valence-electron chi connectivity index (χ4n) is 5.58. The highest BCUT2D eigenvalue weighted by Crippen LogP contribution is 2.52. The monoisotopic (exact) mass is 619 g/mol. The third-order valence-corrected chi connectivity index (χ3v) is 7.74. The number of rotatable bonds is 7. The molecule has 5 rings (SSSR count). The highest BCUT2D eigenvalue weighted by atomic mass is 16.6. The van der Waals surface area contributed by atoms with Crippen LogP contribution in [0.4, 0.5) is 15.4 Å². The lowest BCUT2D eigenvalue weighted by atomic mass is 10.1. The molecule has 1 N–H and O–H groups in total. The van der Waals surface area contributed by atoms with Crippen molar-refractivity contribution in [3.05, 3.63) is 36.4 Å². The minimum Gasteiger partial charge on any atom is -0.489 e. The van der Waals surface area contributed by atoms with Crippen molar-refractivity contribution in [2.75, 3.05) is 31.2 Å². The maximum Gasteiger partial charge on any atom is 0.420 e. The van der Waals surface area contributed by atoms with E-state index in [1.165, 1.54) is 6.20 Å². The zero-order valence-corrected chi connectivity index (χ0v) is 27.1. The van der Waals surface area contributed by atoms with Crippen molar-refractivity contribution in [3.8, 4) is 23.1 Å². The molecule has 0 aromatic carbocycles. The van der Waals surface area contributed by atoms with Crippen molar-refractivity contribution in [1.29, 1.82) is 5.26 Å². The Bertz CT molecular complexity index is 1610. The van der Waals surface area contributed by atoms with E-state index in [0.717, 1.165) is 23.8 Å². The Morgan fingerprint density at radius 2 is 1.73 bits per heavy atom. The predicted octanol–water partition coefficient (Wildman–Crippen LogP) is 4.67. The van der Waals surface area contributed by atoms with Gasteiger partial charge in [-0.25, -0.2) is 24.0 Å². The molecule has 240 valence electrons. The van der Waals surface area contributed by atoms with Crippen LogP contribution in [-0.4, -0.2) is 84.8 Å². The number of hydrogen-bond donors (Lipinski definition) is 1. The number of hydrogen-bond acceptors (Lipinski definition) is 11. The Hall–Kier alpha value is -4.44. The molecule has 4 heterocycles. The topological polar surface area (TPSA) is 155 Å². The summed E-state index contributed by atoms with van der Waals surface area (Å²) in [5, 5.41) is 24.0. The van der Waals surface area contributed by atoms with Crippen LogP contribution < -0.4 is 9.64 Å². The van der Waals surface area contributed by atoms with E-state index in [0.29, 0.717) is 39.9 Å². The Morgan fingerprint density at radius 1 is 1.04 bits per heavy atom. The fourth-order valence-corrected chi connectivity index (χ4v) is 5.58. The predicted molar refractivity (Wildman–Crippen MR) is 165 cm³/mol. The van der Waals surface area contributed by atoms with E-state index < -0.39 is 28.9 Å². The zero-order chi connectivity index (χ0) is 32.9. The van der Waals surface area contributed by atoms with Crippen molar-refractivity contribution >= 4 is 23.5 Å². The van der Waals surface area contributed by atoms with Crippen LogP contribution in [0.5, 0.6) is 5.75 Å². The minimum atomic E-state index is -1.03. The van der Waals surface area contributed by atoms with Gasteiger partial charge in [0.05, 0.1) is 53.8 Å². The van der Waals surface area contributed by atoms with Crippen LogP contribution in [-0.2, 0) is 9.47 Å². The summed E-state index contributed by atoms with van der Waals surface area (Å²) < 4.78 is 18.4. The van der Waals surface area contributed by atoms with E-state index in [1.54, 1.807) is 84.6 Å². The van der Waals surface area contributed by atoms with Crippen molar-refractivity contribution in [3.63, 3.8) is 0 Å². The standard InChI is InChI=1S/C32H41N7O6/c1-30(2,3)39(29(41)45-31(4,5)6)28(40)43-17-24-22-15-37(16-23(22)24)26-13-34-25(12-35-26)21-9-20(44-18-32(7,8)42)14-38-27(21)19(10-33)11-36-38/h9,11-14,22-24,42H,15-18H2,1-8H3. The van der Waals surface area contributed by atoms with Gasteiger partial charge in [-0.1, -0.05) is 0 Å². The first kappa shape index (κ1) is 32.0. The van der Waals surface area contributed by atoms with Gasteiger partial charge < -0.3 is 24.2 Å². The number of ether oxygens (including phenoxy) is 3. The molecule has 2 fully saturated rings. The molecule has 3 aromatic heterocycles. The highest BCUT2D eigenvalue weighted by molar-refractivity contribution is 5.89. The van der Waals surface area contributed by atoms with Crippen molar-refractivity contribution < 1.29 is 28.9 Å². The lowest BCUT2D eigenvalue weighted by Gasteiger charge is -2.34. The molecular formula is C32H41N7O6. The molecule has 2 atom stereocenters. The fraction of sp³-hybridized carbons (Fsp3) is 0.562. The third-order valence-electron chi connectivity index (χ3n) is 7.74. The Kier molecular flexibility index (Phi) is 8.16. The van der Waals surface area contributed by atoms with Crippen LogP contribution in [0.2, 0.25) is 0 Å². The van der Waals surface area contributed by atoms with Crippen molar-refractivity contribution in [1.82, 2.24) is 24.5 Å². The van der Waals surface area contributed by atoms with Crippen LogP contribution in [0.3, 0.4) is 0 Å². The molecule has 1 aliphatic heterocycles. The summed E-state index contributed by atoms with van der Waals surface area (Å²) >= 11 is 0. The number of carbonyl (C=O) groups excluding carboxylic acids is 2. The van der Waals surface area contributed by atoms with Crippen LogP contribution in [0.1, 0.15) is 61.0 Å². The van der Waals surface area contributed by atoms with Crippen LogP contribution in [0.25, 0.3) is 16.8 Å². The number of aromatic nitrogens is 4. The van der Waals surface area contributed by atoms with Gasteiger partial charge in [-0.3, -0.25) is 4.98 Å². The molecule has 0 spiro atoms. The second-order valence-electron chi connectivity index (χ2n) is 14.4. The van der Waals surface area contributed by atoms with Gasteiger partial charge in [-0.15, -0.1) is 0 Å². The number of pyridine rings is 1. The molecule has 1 saturated heterocycles. The van der Waals surface area contributed by atoms with E-state index in [-0.39, 0.29) is 19.1 Å². The molecule has 13 nitrogen and oxygen atoms in total. The summed E-state index contributed by atoms with van der Waals surface area (Å²) in [7, 11) is 0. The Labute approximate surface area is 262 Å². The molecule has 13 heteroatoms. The summed E-state index contributed by atoms with van der Waals surface area (Å²) in [5.74, 6) is 2.10. The Morgan fingerprint density at radius 3 is 2.29 bits per heavy atom. The van der Waals surface area contributed by atoms with Gasteiger partial charge in [-0.05, 0) is 73.3 Å². The van der Waals surface area contributed by atoms with E-state index in [2.05, 4.69) is 26.0 Å². The molecular weight excluding hydrogens is 578 g/mol. The smallest absolute Gasteiger partial charge is 0.420 e. The summed E-state index contributed by atoms with van der Waals surface area (Å²) in [6.07, 6.45) is 5.09. The largest absolute Gasteiger partial charge is 0.489 e. The number of nitrogens with zero attached hydrogens (tertiary/aromatic N) is 7. The quantitative estimate of drug-likeness (QED) is 0.392. The number of amides is 2. The Balaban J connectivity index is 1.22. The molecule has 0 bridgehead atoms. The molecule has 1 saturated carbocycles. The number of nitriles is 1. The first-order valence-electron chi connectivity index (χ1n) is 15.0. The summed E-state index contributed by atoms with van der Waals surface area (Å²) in [5.41, 5.74) is -0.386. The maximum atomic E-state index is 12.9. The number of carbonyl (C=O) groups is 2. The number of fused-ring (bicyclic) bond motifs is 2. The van der Waals surface area contributed by atoms with E-state index in [1.807, 2.05) is 0 Å². The lowest BCUT2D eigenvalue weighted by Crippen LogP contribution is -2.51. The first-order chi connectivity index (χ1) is 20.9. The minimum absolute atomic E-state index is 0.0744. The average Bonchev–Trinajstić information content (AvgIpc) is 3.23. The normalized spacial score (nSPS) is 19.6. The number of anilines is 1. The van der Waals surface area contributed by atoms with Crippen LogP contribution in [0.15, 0.2) is 30.9 Å². The number of piperidine rings is 1. The van der Waals surface area contributed by atoms with Gasteiger partial charge in [0.15, 0.2) is 0 Å². The average molecular weight is 620 g/mol. The number of imide groups is 1. The summed E-state index contributed by atoms with van der Waals surface area (Å²) in [6.45, 7) is 15.7. The molecule has 2 unspecified atom stereocenters.